The molecule has 6 heteroatoms. The molecule has 0 aliphatic carbocycles. The van der Waals surface area contributed by atoms with Crippen LogP contribution in [0.5, 0.6) is 0 Å². The van der Waals surface area contributed by atoms with Gasteiger partial charge >= 0.3 is 0 Å². The van der Waals surface area contributed by atoms with Gasteiger partial charge in [0.15, 0.2) is 0 Å². The number of pyridine rings is 2. The number of benzene rings is 1. The van der Waals surface area contributed by atoms with Crippen molar-refractivity contribution < 1.29 is 0 Å². The summed E-state index contributed by atoms with van der Waals surface area (Å²) in [6, 6.07) is 27.9. The summed E-state index contributed by atoms with van der Waals surface area (Å²) in [5.41, 5.74) is 5.25. The number of rotatable bonds is 4. The summed E-state index contributed by atoms with van der Waals surface area (Å²) in [5.74, 6) is 0. The van der Waals surface area contributed by atoms with Crippen molar-refractivity contribution >= 4 is 55.8 Å². The highest BCUT2D eigenvalue weighted by molar-refractivity contribution is 7.22. The van der Waals surface area contributed by atoms with E-state index < -0.39 is 0 Å². The molecule has 0 aliphatic heterocycles. The van der Waals surface area contributed by atoms with E-state index in [1.165, 1.54) is 41.5 Å². The molecule has 7 rings (SSSR count). The van der Waals surface area contributed by atoms with Gasteiger partial charge in [0.05, 0.1) is 28.6 Å². The van der Waals surface area contributed by atoms with E-state index in [4.69, 9.17) is 4.98 Å². The topological polar surface area (TPSA) is 30.7 Å². The van der Waals surface area contributed by atoms with Crippen LogP contribution < -0.4 is 0 Å². The Morgan fingerprint density at radius 3 is 2.29 bits per heavy atom. The van der Waals surface area contributed by atoms with E-state index in [0.717, 1.165) is 16.9 Å². The Morgan fingerprint density at radius 1 is 0.618 bits per heavy atom. The normalized spacial score (nSPS) is 11.5. The van der Waals surface area contributed by atoms with Crippen LogP contribution in [-0.2, 0) is 0 Å². The van der Waals surface area contributed by atoms with Gasteiger partial charge in [-0.2, -0.15) is 0 Å². The maximum atomic E-state index is 4.86. The monoisotopic (exact) mass is 491 g/mol. The number of aromatic nitrogens is 3. The van der Waals surface area contributed by atoms with Crippen LogP contribution in [0.4, 0.5) is 0 Å². The van der Waals surface area contributed by atoms with Gasteiger partial charge < -0.3 is 0 Å². The first-order valence-corrected chi connectivity index (χ1v) is 13.5. The van der Waals surface area contributed by atoms with Crippen molar-refractivity contribution in [3.8, 4) is 36.6 Å². The van der Waals surface area contributed by atoms with Crippen LogP contribution in [0.2, 0.25) is 0 Å². The Balaban J connectivity index is 1.40. The summed E-state index contributed by atoms with van der Waals surface area (Å²) in [6.45, 7) is 0. The molecule has 0 saturated heterocycles. The minimum atomic E-state index is 0.888. The smallest absolute Gasteiger partial charge is 0.101 e. The predicted molar refractivity (Wildman–Crippen MR) is 146 cm³/mol. The molecule has 0 N–H and O–H groups in total. The quantitative estimate of drug-likeness (QED) is 0.246. The second-order valence-electron chi connectivity index (χ2n) is 7.96. The molecule has 0 aliphatic rings. The van der Waals surface area contributed by atoms with Crippen molar-refractivity contribution in [2.24, 2.45) is 0 Å². The average Bonchev–Trinajstić information content (AvgIpc) is 3.69. The zero-order chi connectivity index (χ0) is 22.5. The Labute approximate surface area is 208 Å². The van der Waals surface area contributed by atoms with E-state index in [2.05, 4.69) is 99.2 Å². The van der Waals surface area contributed by atoms with Crippen molar-refractivity contribution in [3.05, 3.63) is 102 Å². The number of nitrogens with zero attached hydrogens (tertiary/aromatic N) is 3. The lowest BCUT2D eigenvalue weighted by atomic mass is 10.1. The zero-order valence-electron chi connectivity index (χ0n) is 17.9. The van der Waals surface area contributed by atoms with Crippen molar-refractivity contribution in [2.45, 2.75) is 0 Å². The molecule has 0 fully saturated rings. The third-order valence-corrected chi connectivity index (χ3v) is 9.02. The van der Waals surface area contributed by atoms with E-state index in [1.807, 2.05) is 23.7 Å². The molecular weight excluding hydrogens is 475 g/mol. The summed E-state index contributed by atoms with van der Waals surface area (Å²) in [7, 11) is 0. The van der Waals surface area contributed by atoms with Crippen LogP contribution in [0.25, 0.3) is 58.4 Å². The molecule has 7 aromatic rings. The van der Waals surface area contributed by atoms with Gasteiger partial charge in [0.25, 0.3) is 0 Å². The number of fused-ring (bicyclic) bond motifs is 3. The molecule has 6 heterocycles. The zero-order valence-corrected chi connectivity index (χ0v) is 20.3. The maximum Gasteiger partial charge on any atom is 0.101 e. The molecule has 0 radical (unpaired) electrons. The first-order chi connectivity index (χ1) is 16.8. The number of para-hydroxylation sites is 1. The Morgan fingerprint density at radius 2 is 1.44 bits per heavy atom. The van der Waals surface area contributed by atoms with Crippen LogP contribution in [0.3, 0.4) is 0 Å². The van der Waals surface area contributed by atoms with Crippen LogP contribution in [0.15, 0.2) is 102 Å². The molecule has 6 aromatic heterocycles. The minimum Gasteiger partial charge on any atom is -0.299 e. The van der Waals surface area contributed by atoms with E-state index in [-0.39, 0.29) is 0 Å². The highest BCUT2D eigenvalue weighted by atomic mass is 32.1. The molecule has 0 amide bonds. The molecule has 162 valence electrons. The maximum absolute atomic E-state index is 4.86. The second-order valence-corrected chi connectivity index (χ2v) is 10.9. The summed E-state index contributed by atoms with van der Waals surface area (Å²) in [6.07, 6.45) is 3.87. The third kappa shape index (κ3) is 3.22. The van der Waals surface area contributed by atoms with Gasteiger partial charge in [-0.15, -0.1) is 34.0 Å². The molecular formula is C28H17N3S3. The van der Waals surface area contributed by atoms with Crippen LogP contribution in [-0.4, -0.2) is 14.5 Å². The van der Waals surface area contributed by atoms with E-state index in [9.17, 15) is 0 Å². The van der Waals surface area contributed by atoms with Gasteiger partial charge in [0.2, 0.25) is 0 Å². The first kappa shape index (κ1) is 19.9. The molecule has 1 aromatic carbocycles. The highest BCUT2D eigenvalue weighted by Crippen LogP contribution is 2.39. The predicted octanol–water partition coefficient (Wildman–Crippen LogP) is 8.76. The van der Waals surface area contributed by atoms with E-state index in [0.29, 0.717) is 0 Å². The molecule has 0 atom stereocenters. The fraction of sp³-hybridized carbons (Fsp3) is 0. The first-order valence-electron chi connectivity index (χ1n) is 10.9. The molecule has 0 unspecified atom stereocenters. The fourth-order valence-electron chi connectivity index (χ4n) is 4.41. The van der Waals surface area contributed by atoms with Gasteiger partial charge in [-0.1, -0.05) is 30.3 Å². The standard InChI is InChI=1S/C28H17N3S3/c1-2-6-23-19(5-1)20-16-22(21-15-18(11-12-29-21)25-7-3-13-32-25)30-17-24(20)31(23)28-10-9-27(34-28)26-8-4-14-33-26/h1-17H. The summed E-state index contributed by atoms with van der Waals surface area (Å²) in [5, 5.41) is 7.84. The highest BCUT2D eigenvalue weighted by Gasteiger charge is 2.16. The SMILES string of the molecule is c1csc(-c2ccnc(-c3cc4c5ccccc5n(-c5ccc(-c6cccs6)s5)c4cn3)c2)c1. The lowest BCUT2D eigenvalue weighted by Crippen LogP contribution is -1.92. The van der Waals surface area contributed by atoms with Gasteiger partial charge in [0.1, 0.15) is 5.00 Å². The van der Waals surface area contributed by atoms with Crippen molar-refractivity contribution in [1.82, 2.24) is 14.5 Å². The van der Waals surface area contributed by atoms with Gasteiger partial charge in [-0.3, -0.25) is 14.5 Å². The third-order valence-electron chi connectivity index (χ3n) is 5.96. The van der Waals surface area contributed by atoms with Crippen molar-refractivity contribution in [2.75, 3.05) is 0 Å². The Bertz CT molecular complexity index is 1760. The lowest BCUT2D eigenvalue weighted by molar-refractivity contribution is 1.19. The van der Waals surface area contributed by atoms with Gasteiger partial charge in [-0.05, 0) is 64.9 Å². The average molecular weight is 492 g/mol. The summed E-state index contributed by atoms with van der Waals surface area (Å²) < 4.78 is 2.33. The molecule has 34 heavy (non-hydrogen) atoms. The molecule has 0 saturated carbocycles. The number of hydrogen-bond acceptors (Lipinski definition) is 5. The Kier molecular flexibility index (Phi) is 4.68. The Hall–Kier alpha value is -3.58. The van der Waals surface area contributed by atoms with Crippen molar-refractivity contribution in [1.29, 1.82) is 0 Å². The van der Waals surface area contributed by atoms with E-state index in [1.54, 1.807) is 22.7 Å². The van der Waals surface area contributed by atoms with Crippen LogP contribution >= 0.6 is 34.0 Å². The van der Waals surface area contributed by atoms with Crippen molar-refractivity contribution in [3.63, 3.8) is 0 Å². The molecule has 0 bridgehead atoms. The summed E-state index contributed by atoms with van der Waals surface area (Å²) in [4.78, 5) is 13.3. The van der Waals surface area contributed by atoms with Gasteiger partial charge in [-0.25, -0.2) is 0 Å². The van der Waals surface area contributed by atoms with E-state index >= 15 is 0 Å². The largest absolute Gasteiger partial charge is 0.299 e. The number of hydrogen-bond donors (Lipinski definition) is 0. The molecule has 0 spiro atoms. The molecule has 3 nitrogen and oxygen atoms in total. The van der Waals surface area contributed by atoms with Crippen LogP contribution in [0.1, 0.15) is 0 Å². The lowest BCUT2D eigenvalue weighted by Gasteiger charge is -2.06. The summed E-state index contributed by atoms with van der Waals surface area (Å²) >= 11 is 5.33. The van der Waals surface area contributed by atoms with Gasteiger partial charge in [0, 0.05) is 31.6 Å². The fourth-order valence-corrected chi connectivity index (χ4v) is 7.00. The minimum absolute atomic E-state index is 0.888. The van der Waals surface area contributed by atoms with Crippen LogP contribution in [0, 0.1) is 0 Å². The second kappa shape index (κ2) is 8.02. The number of thiophene rings is 3.